The molecular formula is C10H11NO5. The fraction of sp³-hybridized carbons (Fsp3) is 0.200. The van der Waals surface area contributed by atoms with Crippen LogP contribution in [0.1, 0.15) is 22.0 Å². The molecule has 2 atom stereocenters. The second kappa shape index (κ2) is 4.73. The molecule has 0 saturated heterocycles. The highest BCUT2D eigenvalue weighted by atomic mass is 16.4. The van der Waals surface area contributed by atoms with Gasteiger partial charge in [-0.1, -0.05) is 12.1 Å². The van der Waals surface area contributed by atoms with E-state index in [2.05, 4.69) is 0 Å². The smallest absolute Gasteiger partial charge is 0.335 e. The molecule has 1 aromatic rings. The van der Waals surface area contributed by atoms with Gasteiger partial charge in [-0.25, -0.2) is 9.59 Å². The van der Waals surface area contributed by atoms with Crippen LogP contribution < -0.4 is 5.73 Å². The monoisotopic (exact) mass is 225 g/mol. The molecule has 0 aromatic heterocycles. The maximum absolute atomic E-state index is 10.5. The third-order valence-corrected chi connectivity index (χ3v) is 2.14. The second-order valence-corrected chi connectivity index (χ2v) is 3.24. The number of aromatic carboxylic acids is 1. The van der Waals surface area contributed by atoms with Crippen LogP contribution in [0.5, 0.6) is 0 Å². The minimum absolute atomic E-state index is 0.0702. The van der Waals surface area contributed by atoms with Crippen LogP contribution in [0.15, 0.2) is 24.3 Å². The summed E-state index contributed by atoms with van der Waals surface area (Å²) >= 11 is 0. The first kappa shape index (κ1) is 12.2. The van der Waals surface area contributed by atoms with Gasteiger partial charge in [0.15, 0.2) is 6.10 Å². The summed E-state index contributed by atoms with van der Waals surface area (Å²) < 4.78 is 0. The molecule has 0 radical (unpaired) electrons. The number of carbonyl (C=O) groups is 2. The summed E-state index contributed by atoms with van der Waals surface area (Å²) in [5, 5.41) is 26.4. The molecule has 0 aliphatic heterocycles. The first-order valence-corrected chi connectivity index (χ1v) is 4.43. The van der Waals surface area contributed by atoms with Crippen LogP contribution in [0.4, 0.5) is 0 Å². The van der Waals surface area contributed by atoms with E-state index < -0.39 is 24.1 Å². The van der Waals surface area contributed by atoms with Gasteiger partial charge in [0.25, 0.3) is 0 Å². The number of aliphatic carboxylic acids is 1. The number of carboxylic acids is 2. The van der Waals surface area contributed by atoms with Gasteiger partial charge in [0.1, 0.15) is 0 Å². The van der Waals surface area contributed by atoms with E-state index in [0.29, 0.717) is 5.56 Å². The molecule has 0 aliphatic rings. The number of rotatable bonds is 4. The van der Waals surface area contributed by atoms with Crippen molar-refractivity contribution in [1.29, 1.82) is 0 Å². The molecule has 0 unspecified atom stereocenters. The average molecular weight is 225 g/mol. The van der Waals surface area contributed by atoms with Crippen molar-refractivity contribution in [2.24, 2.45) is 5.73 Å². The van der Waals surface area contributed by atoms with Gasteiger partial charge in [-0.2, -0.15) is 0 Å². The maximum Gasteiger partial charge on any atom is 0.335 e. The summed E-state index contributed by atoms with van der Waals surface area (Å²) in [6.07, 6.45) is -1.71. The third-order valence-electron chi connectivity index (χ3n) is 2.14. The Morgan fingerprint density at radius 2 is 1.62 bits per heavy atom. The molecule has 86 valence electrons. The van der Waals surface area contributed by atoms with Gasteiger partial charge in [-0.15, -0.1) is 0 Å². The van der Waals surface area contributed by atoms with E-state index in [4.69, 9.17) is 15.9 Å². The quantitative estimate of drug-likeness (QED) is 0.564. The van der Waals surface area contributed by atoms with Crippen molar-refractivity contribution in [3.8, 4) is 0 Å². The Bertz CT molecular complexity index is 400. The number of hydrogen-bond acceptors (Lipinski definition) is 4. The number of carboxylic acid groups (broad SMARTS) is 2. The highest BCUT2D eigenvalue weighted by molar-refractivity contribution is 5.87. The minimum atomic E-state index is -1.71. The van der Waals surface area contributed by atoms with Gasteiger partial charge in [-0.05, 0) is 17.7 Å². The number of aliphatic hydroxyl groups is 1. The molecule has 0 spiro atoms. The molecule has 0 heterocycles. The summed E-state index contributed by atoms with van der Waals surface area (Å²) in [5.74, 6) is -2.51. The highest BCUT2D eigenvalue weighted by Gasteiger charge is 2.23. The van der Waals surface area contributed by atoms with E-state index >= 15 is 0 Å². The van der Waals surface area contributed by atoms with E-state index in [0.717, 1.165) is 0 Å². The van der Waals surface area contributed by atoms with Gasteiger partial charge < -0.3 is 21.1 Å². The Morgan fingerprint density at radius 1 is 1.12 bits per heavy atom. The Labute approximate surface area is 90.9 Å². The number of nitrogens with two attached hydrogens (primary N) is 1. The summed E-state index contributed by atoms with van der Waals surface area (Å²) in [5.41, 5.74) is 5.92. The van der Waals surface area contributed by atoms with Gasteiger partial charge >= 0.3 is 11.9 Å². The number of aliphatic hydroxyl groups excluding tert-OH is 1. The molecular weight excluding hydrogens is 214 g/mol. The molecule has 1 aromatic carbocycles. The third kappa shape index (κ3) is 2.56. The fourth-order valence-corrected chi connectivity index (χ4v) is 1.18. The van der Waals surface area contributed by atoms with Crippen molar-refractivity contribution in [2.45, 2.75) is 12.1 Å². The highest BCUT2D eigenvalue weighted by Crippen LogP contribution is 2.15. The number of hydrogen-bond donors (Lipinski definition) is 4. The molecule has 6 nitrogen and oxygen atoms in total. The van der Waals surface area contributed by atoms with Crippen molar-refractivity contribution in [3.05, 3.63) is 35.4 Å². The van der Waals surface area contributed by atoms with Crippen LogP contribution in [0.2, 0.25) is 0 Å². The first-order chi connectivity index (χ1) is 7.43. The van der Waals surface area contributed by atoms with Crippen LogP contribution in [0, 0.1) is 0 Å². The number of benzene rings is 1. The summed E-state index contributed by atoms with van der Waals surface area (Å²) in [4.78, 5) is 21.0. The van der Waals surface area contributed by atoms with Gasteiger partial charge in [-0.3, -0.25) is 0 Å². The maximum atomic E-state index is 10.5. The van der Waals surface area contributed by atoms with Crippen molar-refractivity contribution < 1.29 is 24.9 Å². The van der Waals surface area contributed by atoms with Crippen molar-refractivity contribution >= 4 is 11.9 Å². The van der Waals surface area contributed by atoms with Crippen LogP contribution in [0.25, 0.3) is 0 Å². The Hall–Kier alpha value is -1.92. The molecule has 6 heteroatoms. The van der Waals surface area contributed by atoms with E-state index in [1.165, 1.54) is 24.3 Å². The first-order valence-electron chi connectivity index (χ1n) is 4.43. The van der Waals surface area contributed by atoms with Crippen LogP contribution in [-0.2, 0) is 4.79 Å². The molecule has 0 fully saturated rings. The Balaban J connectivity index is 2.89. The molecule has 0 saturated carbocycles. The summed E-state index contributed by atoms with van der Waals surface area (Å²) in [6, 6.07) is 4.26. The van der Waals surface area contributed by atoms with Gasteiger partial charge in [0.2, 0.25) is 0 Å². The SMILES string of the molecule is N[C@@H](c1ccc(C(=O)O)cc1)[C@@H](O)C(=O)O. The Kier molecular flexibility index (Phi) is 3.60. The van der Waals surface area contributed by atoms with Crippen LogP contribution in [-0.4, -0.2) is 33.4 Å². The normalized spacial score (nSPS) is 14.1. The van der Waals surface area contributed by atoms with E-state index in [1.54, 1.807) is 0 Å². The molecule has 16 heavy (non-hydrogen) atoms. The zero-order valence-corrected chi connectivity index (χ0v) is 8.20. The minimum Gasteiger partial charge on any atom is -0.479 e. The summed E-state index contributed by atoms with van der Waals surface area (Å²) in [7, 11) is 0. The average Bonchev–Trinajstić information content (AvgIpc) is 2.27. The predicted molar refractivity (Wildman–Crippen MR) is 54.0 cm³/mol. The van der Waals surface area contributed by atoms with Crippen molar-refractivity contribution in [2.75, 3.05) is 0 Å². The second-order valence-electron chi connectivity index (χ2n) is 3.24. The lowest BCUT2D eigenvalue weighted by atomic mass is 10.0. The van der Waals surface area contributed by atoms with E-state index in [9.17, 15) is 14.7 Å². The lowest BCUT2D eigenvalue weighted by molar-refractivity contribution is -0.147. The molecule has 0 bridgehead atoms. The van der Waals surface area contributed by atoms with Gasteiger partial charge in [0.05, 0.1) is 11.6 Å². The largest absolute Gasteiger partial charge is 0.479 e. The molecule has 0 amide bonds. The molecule has 5 N–H and O–H groups in total. The topological polar surface area (TPSA) is 121 Å². The lowest BCUT2D eigenvalue weighted by Gasteiger charge is -2.15. The van der Waals surface area contributed by atoms with Crippen LogP contribution in [0.3, 0.4) is 0 Å². The predicted octanol–water partition coefficient (Wildman–Crippen LogP) is -0.170. The molecule has 0 aliphatic carbocycles. The Morgan fingerprint density at radius 3 is 2.00 bits per heavy atom. The van der Waals surface area contributed by atoms with Crippen molar-refractivity contribution in [1.82, 2.24) is 0 Å². The van der Waals surface area contributed by atoms with E-state index in [-0.39, 0.29) is 5.56 Å². The fourth-order valence-electron chi connectivity index (χ4n) is 1.18. The lowest BCUT2D eigenvalue weighted by Crippen LogP contribution is -2.33. The zero-order chi connectivity index (χ0) is 12.3. The van der Waals surface area contributed by atoms with Crippen molar-refractivity contribution in [3.63, 3.8) is 0 Å². The van der Waals surface area contributed by atoms with Crippen LogP contribution >= 0.6 is 0 Å². The van der Waals surface area contributed by atoms with E-state index in [1.807, 2.05) is 0 Å². The standard InChI is InChI=1S/C10H11NO5/c11-7(8(12)10(15)16)5-1-3-6(4-2-5)9(13)14/h1-4,7-8,12H,11H2,(H,13,14)(H,15,16)/t7-,8+/m0/s1. The molecule has 1 rings (SSSR count). The zero-order valence-electron chi connectivity index (χ0n) is 8.20. The summed E-state index contributed by atoms with van der Waals surface area (Å²) in [6.45, 7) is 0. The van der Waals surface area contributed by atoms with Gasteiger partial charge in [0, 0.05) is 0 Å².